The van der Waals surface area contributed by atoms with Crippen LogP contribution in [0.5, 0.6) is 11.5 Å². The first kappa shape index (κ1) is 26.3. The quantitative estimate of drug-likeness (QED) is 0.191. The molecule has 0 atom stereocenters. The van der Waals surface area contributed by atoms with Crippen LogP contribution in [0.2, 0.25) is 0 Å². The summed E-state index contributed by atoms with van der Waals surface area (Å²) in [5, 5.41) is 3.33. The van der Waals surface area contributed by atoms with Crippen molar-refractivity contribution >= 4 is 50.0 Å². The van der Waals surface area contributed by atoms with Gasteiger partial charge in [0.15, 0.2) is 5.82 Å². The smallest absolute Gasteiger partial charge is 0.220 e. The molecule has 7 aromatic carbocycles. The summed E-state index contributed by atoms with van der Waals surface area (Å²) in [6.45, 7) is 0. The summed E-state index contributed by atoms with van der Waals surface area (Å²) in [6, 6.07) is 52.7. The highest BCUT2D eigenvalue weighted by atomic mass is 16.5. The van der Waals surface area contributed by atoms with Crippen molar-refractivity contribution in [2.24, 2.45) is 0 Å². The Bertz CT molecular complexity index is 2820. The van der Waals surface area contributed by atoms with E-state index in [9.17, 15) is 0 Å². The summed E-state index contributed by atoms with van der Waals surface area (Å²) in [5.41, 5.74) is 11.1. The fraction of sp³-hybridized carbons (Fsp3) is 0. The molecule has 0 bridgehead atoms. The van der Waals surface area contributed by atoms with Crippen LogP contribution in [-0.2, 0) is 0 Å². The van der Waals surface area contributed by atoms with Crippen LogP contribution in [-0.4, -0.2) is 19.5 Å². The van der Waals surface area contributed by atoms with Gasteiger partial charge in [-0.3, -0.25) is 9.47 Å². The molecule has 0 fully saturated rings. The van der Waals surface area contributed by atoms with Crippen molar-refractivity contribution in [2.45, 2.75) is 0 Å². The Hall–Kier alpha value is -6.79. The molecule has 6 nitrogen and oxygen atoms in total. The van der Waals surface area contributed by atoms with E-state index in [1.165, 1.54) is 16.3 Å². The van der Waals surface area contributed by atoms with Gasteiger partial charge in [0.25, 0.3) is 0 Å². The molecule has 2 aliphatic heterocycles. The van der Waals surface area contributed by atoms with Gasteiger partial charge in [-0.2, -0.15) is 0 Å². The van der Waals surface area contributed by atoms with Gasteiger partial charge in [-0.1, -0.05) is 72.8 Å². The third kappa shape index (κ3) is 3.79. The zero-order valence-electron chi connectivity index (χ0n) is 26.1. The molecule has 228 valence electrons. The number of aromatic nitrogens is 4. The molecule has 0 amide bonds. The van der Waals surface area contributed by atoms with E-state index < -0.39 is 0 Å². The molecule has 2 aliphatic rings. The maximum Gasteiger partial charge on any atom is 0.220 e. The molecule has 2 aromatic heterocycles. The number of ether oxygens (including phenoxy) is 1. The minimum Gasteiger partial charge on any atom is -0.456 e. The summed E-state index contributed by atoms with van der Waals surface area (Å²) in [4.78, 5) is 17.7. The number of rotatable bonds is 2. The maximum atomic E-state index is 6.22. The first-order valence-electron chi connectivity index (χ1n) is 16.4. The maximum absolute atomic E-state index is 6.22. The standard InChI is InChI=1S/C43H25N5O/c1-2-11-28-25-37-32(24-27(28)10-1)30-12-3-6-16-35(30)47(43-45-33-14-5-7-17-36(33)48(37)43)29-22-20-26(21-23-29)42-44-34-15-9-19-39-40(34)41(46-42)31-13-4-8-18-38(31)49-39/h1-25H. The Kier molecular flexibility index (Phi) is 5.29. The Morgan fingerprint density at radius 1 is 0.490 bits per heavy atom. The molecule has 0 saturated heterocycles. The van der Waals surface area contributed by atoms with Crippen LogP contribution in [0.25, 0.3) is 72.2 Å². The summed E-state index contributed by atoms with van der Waals surface area (Å²) in [6.07, 6.45) is 0. The van der Waals surface area contributed by atoms with E-state index >= 15 is 0 Å². The highest BCUT2D eigenvalue weighted by Gasteiger charge is 2.30. The molecule has 0 unspecified atom stereocenters. The summed E-state index contributed by atoms with van der Waals surface area (Å²) >= 11 is 0. The van der Waals surface area contributed by atoms with E-state index in [-0.39, 0.29) is 0 Å². The molecule has 4 heterocycles. The molecular formula is C43H25N5O. The van der Waals surface area contributed by atoms with Gasteiger partial charge in [0.1, 0.15) is 11.5 Å². The largest absolute Gasteiger partial charge is 0.456 e. The Morgan fingerprint density at radius 2 is 1.20 bits per heavy atom. The zero-order valence-corrected chi connectivity index (χ0v) is 26.1. The number of imidazole rings is 1. The minimum atomic E-state index is 0.672. The number of benzene rings is 7. The van der Waals surface area contributed by atoms with Crippen molar-refractivity contribution in [3.05, 3.63) is 152 Å². The van der Waals surface area contributed by atoms with Crippen molar-refractivity contribution in [1.82, 2.24) is 19.5 Å². The number of anilines is 3. The average molecular weight is 628 g/mol. The van der Waals surface area contributed by atoms with E-state index in [1.807, 2.05) is 42.5 Å². The van der Waals surface area contributed by atoms with Crippen molar-refractivity contribution in [2.75, 3.05) is 4.90 Å². The third-order valence-corrected chi connectivity index (χ3v) is 9.71. The second-order valence-corrected chi connectivity index (χ2v) is 12.5. The number of nitrogens with zero attached hydrogens (tertiary/aromatic N) is 5. The molecule has 0 spiro atoms. The number of fused-ring (bicyclic) bond motifs is 10. The van der Waals surface area contributed by atoms with Crippen LogP contribution >= 0.6 is 0 Å². The van der Waals surface area contributed by atoms with Gasteiger partial charge in [0.2, 0.25) is 5.95 Å². The summed E-state index contributed by atoms with van der Waals surface area (Å²) < 4.78 is 8.52. The molecular weight excluding hydrogens is 603 g/mol. The van der Waals surface area contributed by atoms with Crippen LogP contribution in [0, 0.1) is 0 Å². The minimum absolute atomic E-state index is 0.672. The van der Waals surface area contributed by atoms with E-state index in [0.29, 0.717) is 5.82 Å². The predicted molar refractivity (Wildman–Crippen MR) is 196 cm³/mol. The Labute approximate surface area is 281 Å². The first-order valence-corrected chi connectivity index (χ1v) is 16.4. The topological polar surface area (TPSA) is 56.1 Å². The normalized spacial score (nSPS) is 12.6. The SMILES string of the molecule is c1ccc2c(c1)Oc1cccc3nc(-c4ccc(N5c6ccccc6-c6cc7ccccc7cc6-n6c5nc5ccccc56)cc4)nc-2c13. The van der Waals surface area contributed by atoms with Crippen LogP contribution in [0.1, 0.15) is 0 Å². The number of hydrogen-bond acceptors (Lipinski definition) is 5. The summed E-state index contributed by atoms with van der Waals surface area (Å²) in [7, 11) is 0. The van der Waals surface area contributed by atoms with E-state index in [2.05, 4.69) is 119 Å². The van der Waals surface area contributed by atoms with Gasteiger partial charge in [-0.25, -0.2) is 15.0 Å². The molecule has 9 aromatic rings. The van der Waals surface area contributed by atoms with Gasteiger partial charge in [-0.05, 0) is 89.6 Å². The fourth-order valence-electron chi connectivity index (χ4n) is 7.48. The van der Waals surface area contributed by atoms with Gasteiger partial charge >= 0.3 is 0 Å². The van der Waals surface area contributed by atoms with Crippen molar-refractivity contribution in [1.29, 1.82) is 0 Å². The van der Waals surface area contributed by atoms with Crippen LogP contribution in [0.3, 0.4) is 0 Å². The van der Waals surface area contributed by atoms with Gasteiger partial charge in [0, 0.05) is 27.9 Å². The highest BCUT2D eigenvalue weighted by molar-refractivity contribution is 6.03. The zero-order chi connectivity index (χ0) is 32.1. The monoisotopic (exact) mass is 627 g/mol. The molecule has 49 heavy (non-hydrogen) atoms. The lowest BCUT2D eigenvalue weighted by Crippen LogP contribution is -2.14. The second-order valence-electron chi connectivity index (χ2n) is 12.5. The van der Waals surface area contributed by atoms with E-state index in [1.54, 1.807) is 0 Å². The van der Waals surface area contributed by atoms with Crippen molar-refractivity contribution < 1.29 is 4.74 Å². The summed E-state index contributed by atoms with van der Waals surface area (Å²) in [5.74, 6) is 3.10. The predicted octanol–water partition coefficient (Wildman–Crippen LogP) is 11.0. The van der Waals surface area contributed by atoms with E-state index in [0.717, 1.165) is 78.8 Å². The van der Waals surface area contributed by atoms with Crippen LogP contribution in [0.15, 0.2) is 152 Å². The van der Waals surface area contributed by atoms with Gasteiger partial charge in [-0.15, -0.1) is 0 Å². The van der Waals surface area contributed by atoms with Gasteiger partial charge in [0.05, 0.1) is 39.0 Å². The fourth-order valence-corrected chi connectivity index (χ4v) is 7.48. The van der Waals surface area contributed by atoms with Crippen molar-refractivity contribution in [3.8, 4) is 51.0 Å². The van der Waals surface area contributed by atoms with Crippen molar-refractivity contribution in [3.63, 3.8) is 0 Å². The molecule has 0 N–H and O–H groups in total. The van der Waals surface area contributed by atoms with E-state index in [4.69, 9.17) is 19.7 Å². The molecule has 0 saturated carbocycles. The lowest BCUT2D eigenvalue weighted by molar-refractivity contribution is 0.486. The second kappa shape index (κ2) is 9.86. The van der Waals surface area contributed by atoms with Crippen LogP contribution in [0.4, 0.5) is 17.3 Å². The first-order chi connectivity index (χ1) is 24.3. The number of para-hydroxylation sites is 4. The Balaban J connectivity index is 1.12. The lowest BCUT2D eigenvalue weighted by atomic mass is 9.97. The van der Waals surface area contributed by atoms with Gasteiger partial charge < -0.3 is 4.74 Å². The highest BCUT2D eigenvalue weighted by Crippen LogP contribution is 2.49. The third-order valence-electron chi connectivity index (χ3n) is 9.71. The molecule has 0 aliphatic carbocycles. The lowest BCUT2D eigenvalue weighted by Gasteiger charge is -2.24. The Morgan fingerprint density at radius 3 is 2.10 bits per heavy atom. The van der Waals surface area contributed by atoms with Crippen LogP contribution < -0.4 is 9.64 Å². The molecule has 0 radical (unpaired) electrons. The number of hydrogen-bond donors (Lipinski definition) is 0. The molecule has 6 heteroatoms. The average Bonchev–Trinajstić information content (AvgIpc) is 3.49. The molecule has 11 rings (SSSR count).